The Labute approximate surface area is 94.2 Å². The van der Waals surface area contributed by atoms with E-state index in [2.05, 4.69) is 40.3 Å². The van der Waals surface area contributed by atoms with Gasteiger partial charge >= 0.3 is 0 Å². The lowest BCUT2D eigenvalue weighted by molar-refractivity contribution is 0.284. The highest BCUT2D eigenvalue weighted by Crippen LogP contribution is 2.34. The van der Waals surface area contributed by atoms with Crippen LogP contribution in [0.15, 0.2) is 23.8 Å². The summed E-state index contributed by atoms with van der Waals surface area (Å²) in [6, 6.07) is 0. The molecule has 0 amide bonds. The quantitative estimate of drug-likeness (QED) is 0.475. The van der Waals surface area contributed by atoms with Crippen molar-refractivity contribution >= 4 is 0 Å². The molecule has 1 nitrogen and oxygen atoms in total. The Balaban J connectivity index is 2.39. The number of epoxide rings is 1. The Kier molecular flexibility index (Phi) is 4.59. The van der Waals surface area contributed by atoms with Gasteiger partial charge in [-0.3, -0.25) is 0 Å². The summed E-state index contributed by atoms with van der Waals surface area (Å²) < 4.78 is 5.40. The van der Waals surface area contributed by atoms with Gasteiger partial charge in [-0.25, -0.2) is 0 Å². The van der Waals surface area contributed by atoms with Crippen LogP contribution in [0.5, 0.6) is 0 Å². The number of allylic oxidation sites excluding steroid dienone is 2. The first kappa shape index (κ1) is 12.5. The molecule has 3 atom stereocenters. The van der Waals surface area contributed by atoms with E-state index in [0.29, 0.717) is 17.9 Å². The Hall–Kier alpha value is -0.560. The van der Waals surface area contributed by atoms with Crippen molar-refractivity contribution in [3.8, 4) is 0 Å². The van der Waals surface area contributed by atoms with E-state index in [1.54, 1.807) is 0 Å². The molecule has 1 saturated heterocycles. The summed E-state index contributed by atoms with van der Waals surface area (Å²) in [4.78, 5) is 0. The maximum absolute atomic E-state index is 5.40. The lowest BCUT2D eigenvalue weighted by Crippen LogP contribution is -2.18. The summed E-state index contributed by atoms with van der Waals surface area (Å²) in [6.07, 6.45) is 5.20. The van der Waals surface area contributed by atoms with Gasteiger partial charge in [-0.15, -0.1) is 0 Å². The second-order valence-electron chi connectivity index (χ2n) is 5.08. The highest BCUT2D eigenvalue weighted by Gasteiger charge is 2.36. The van der Waals surface area contributed by atoms with E-state index in [1.807, 2.05) is 0 Å². The second kappa shape index (κ2) is 5.50. The molecule has 0 N–H and O–H groups in total. The van der Waals surface area contributed by atoms with Crippen molar-refractivity contribution < 1.29 is 4.74 Å². The third-order valence-electron chi connectivity index (χ3n) is 3.12. The van der Waals surface area contributed by atoms with Gasteiger partial charge in [-0.2, -0.15) is 0 Å². The number of hydrogen-bond donors (Lipinski definition) is 0. The van der Waals surface area contributed by atoms with Crippen LogP contribution in [0, 0.1) is 11.8 Å². The molecule has 0 saturated carbocycles. The Morgan fingerprint density at radius 1 is 1.47 bits per heavy atom. The maximum Gasteiger partial charge on any atom is 0.0877 e. The van der Waals surface area contributed by atoms with E-state index in [9.17, 15) is 0 Å². The molecule has 15 heavy (non-hydrogen) atoms. The number of hydrogen-bond acceptors (Lipinski definition) is 1. The zero-order chi connectivity index (χ0) is 11.4. The molecule has 1 aliphatic rings. The average Bonchev–Trinajstić information content (AvgIpc) is 2.87. The van der Waals surface area contributed by atoms with E-state index in [-0.39, 0.29) is 0 Å². The first-order valence-corrected chi connectivity index (χ1v) is 5.92. The van der Waals surface area contributed by atoms with Crippen molar-refractivity contribution in [2.24, 2.45) is 11.8 Å². The zero-order valence-corrected chi connectivity index (χ0v) is 10.5. The first-order chi connectivity index (χ1) is 7.02. The fraction of sp³-hybridized carbons (Fsp3) is 0.714. The summed E-state index contributed by atoms with van der Waals surface area (Å²) >= 11 is 0. The minimum Gasteiger partial charge on any atom is -0.372 e. The van der Waals surface area contributed by atoms with Crippen LogP contribution in [0.1, 0.15) is 40.5 Å². The van der Waals surface area contributed by atoms with Gasteiger partial charge < -0.3 is 4.74 Å². The van der Waals surface area contributed by atoms with E-state index < -0.39 is 0 Å². The molecule has 1 heterocycles. The molecular weight excluding hydrogens is 184 g/mol. The summed E-state index contributed by atoms with van der Waals surface area (Å²) in [5.74, 6) is 1.25. The van der Waals surface area contributed by atoms with E-state index in [0.717, 1.165) is 6.61 Å². The van der Waals surface area contributed by atoms with E-state index in [4.69, 9.17) is 4.74 Å². The highest BCUT2D eigenvalue weighted by molar-refractivity contribution is 5.05. The Morgan fingerprint density at radius 2 is 2.07 bits per heavy atom. The first-order valence-electron chi connectivity index (χ1n) is 5.92. The van der Waals surface area contributed by atoms with Crippen molar-refractivity contribution in [3.05, 3.63) is 23.8 Å². The van der Waals surface area contributed by atoms with E-state index in [1.165, 1.54) is 24.0 Å². The predicted molar refractivity (Wildman–Crippen MR) is 65.9 cm³/mol. The predicted octanol–water partition coefficient (Wildman–Crippen LogP) is 3.96. The molecule has 1 heteroatoms. The lowest BCUT2D eigenvalue weighted by Gasteiger charge is -2.22. The minimum atomic E-state index is 0.462. The molecule has 1 rings (SSSR count). The van der Waals surface area contributed by atoms with Crippen LogP contribution in [-0.2, 0) is 4.74 Å². The van der Waals surface area contributed by atoms with Gasteiger partial charge in [0.1, 0.15) is 0 Å². The van der Waals surface area contributed by atoms with Crippen LogP contribution in [0.4, 0.5) is 0 Å². The number of rotatable bonds is 6. The van der Waals surface area contributed by atoms with Gasteiger partial charge in [0.05, 0.1) is 12.7 Å². The topological polar surface area (TPSA) is 12.5 Å². The van der Waals surface area contributed by atoms with E-state index >= 15 is 0 Å². The largest absolute Gasteiger partial charge is 0.372 e. The smallest absolute Gasteiger partial charge is 0.0877 e. The van der Waals surface area contributed by atoms with Gasteiger partial charge in [-0.05, 0) is 39.5 Å². The monoisotopic (exact) mass is 208 g/mol. The molecule has 0 radical (unpaired) electrons. The average molecular weight is 208 g/mol. The molecule has 0 aromatic rings. The molecule has 0 aromatic carbocycles. The number of ether oxygens (including phenoxy) is 1. The molecule has 0 aromatic heterocycles. The zero-order valence-electron chi connectivity index (χ0n) is 10.5. The van der Waals surface area contributed by atoms with Crippen LogP contribution in [0.25, 0.3) is 0 Å². The van der Waals surface area contributed by atoms with Crippen LogP contribution >= 0.6 is 0 Å². The molecule has 1 fully saturated rings. The Bertz CT molecular complexity index is 244. The third-order valence-corrected chi connectivity index (χ3v) is 3.12. The molecule has 0 unspecified atom stereocenters. The minimum absolute atomic E-state index is 0.462. The van der Waals surface area contributed by atoms with Gasteiger partial charge in [0.2, 0.25) is 0 Å². The van der Waals surface area contributed by atoms with Crippen molar-refractivity contribution in [2.75, 3.05) is 6.61 Å². The standard InChI is InChI=1S/C14H24O/c1-10(2)7-6-8-12(5)14(11(3)4)13-9-15-13/h7,12-14H,3,6,8-9H2,1-2,4-5H3/t12-,13+,14-/m1/s1. The maximum atomic E-state index is 5.40. The highest BCUT2D eigenvalue weighted by atomic mass is 16.6. The normalized spacial score (nSPS) is 23.1. The third kappa shape index (κ3) is 4.21. The molecule has 0 bridgehead atoms. The van der Waals surface area contributed by atoms with Crippen LogP contribution in [0.2, 0.25) is 0 Å². The fourth-order valence-electron chi connectivity index (χ4n) is 2.25. The Morgan fingerprint density at radius 3 is 2.47 bits per heavy atom. The van der Waals surface area contributed by atoms with Crippen molar-refractivity contribution in [2.45, 2.75) is 46.6 Å². The van der Waals surface area contributed by atoms with Gasteiger partial charge in [0.25, 0.3) is 0 Å². The summed E-state index contributed by atoms with van der Waals surface area (Å²) in [5.41, 5.74) is 2.69. The van der Waals surface area contributed by atoms with Crippen molar-refractivity contribution in [1.82, 2.24) is 0 Å². The van der Waals surface area contributed by atoms with Crippen LogP contribution in [-0.4, -0.2) is 12.7 Å². The van der Waals surface area contributed by atoms with Crippen LogP contribution in [0.3, 0.4) is 0 Å². The molecule has 0 spiro atoms. The van der Waals surface area contributed by atoms with Crippen molar-refractivity contribution in [1.29, 1.82) is 0 Å². The lowest BCUT2D eigenvalue weighted by atomic mass is 9.83. The second-order valence-corrected chi connectivity index (χ2v) is 5.08. The fourth-order valence-corrected chi connectivity index (χ4v) is 2.25. The summed E-state index contributed by atoms with van der Waals surface area (Å²) in [6.45, 7) is 13.8. The van der Waals surface area contributed by atoms with Gasteiger partial charge in [0.15, 0.2) is 0 Å². The summed E-state index contributed by atoms with van der Waals surface area (Å²) in [5, 5.41) is 0. The SMILES string of the molecule is C=C(C)[C@H]([C@H](C)CCC=C(C)C)[C@@H]1CO1. The summed E-state index contributed by atoms with van der Waals surface area (Å²) in [7, 11) is 0. The van der Waals surface area contributed by atoms with Crippen LogP contribution < -0.4 is 0 Å². The van der Waals surface area contributed by atoms with Gasteiger partial charge in [-0.1, -0.05) is 30.7 Å². The van der Waals surface area contributed by atoms with Crippen molar-refractivity contribution in [3.63, 3.8) is 0 Å². The molecule has 1 aliphatic heterocycles. The molecule has 0 aliphatic carbocycles. The van der Waals surface area contributed by atoms with Gasteiger partial charge in [0, 0.05) is 5.92 Å². The molecular formula is C14H24O. The molecule has 86 valence electrons.